The fraction of sp³-hybridized carbons (Fsp3) is 0.435. The molecule has 0 aromatic heterocycles. The van der Waals surface area contributed by atoms with Crippen LogP contribution in [0.3, 0.4) is 0 Å². The molecule has 4 rings (SSSR count). The van der Waals surface area contributed by atoms with Gasteiger partial charge >= 0.3 is 6.09 Å². The minimum Gasteiger partial charge on any atom is -0.454 e. The average molecular weight is 461 g/mol. The molecule has 0 unspecified atom stereocenters. The third kappa shape index (κ3) is 3.91. The van der Waals surface area contributed by atoms with E-state index >= 15 is 0 Å². The SMILES string of the molecule is Cc1ccc(S(=O)(=O)[C@@H]2[C@H](c3ccc4c(c3)OCO4)[C@]2(CN)NC(=O)OC(C)(C)C)cc1. The molecule has 1 saturated carbocycles. The second kappa shape index (κ2) is 7.67. The zero-order valence-electron chi connectivity index (χ0n) is 18.5. The molecule has 9 heteroatoms. The minimum atomic E-state index is -3.83. The molecule has 1 aliphatic carbocycles. The first-order valence-electron chi connectivity index (χ1n) is 10.4. The van der Waals surface area contributed by atoms with Crippen LogP contribution in [0.1, 0.15) is 37.8 Å². The van der Waals surface area contributed by atoms with Gasteiger partial charge in [0, 0.05) is 12.5 Å². The molecule has 2 aliphatic rings. The largest absolute Gasteiger partial charge is 0.454 e. The van der Waals surface area contributed by atoms with Gasteiger partial charge in [0.15, 0.2) is 21.3 Å². The number of carbonyl (C=O) groups is 1. The van der Waals surface area contributed by atoms with E-state index in [1.807, 2.05) is 6.92 Å². The van der Waals surface area contributed by atoms with Crippen LogP contribution in [0.2, 0.25) is 0 Å². The molecule has 1 heterocycles. The number of nitrogens with two attached hydrogens (primary N) is 1. The van der Waals surface area contributed by atoms with Gasteiger partial charge in [0.1, 0.15) is 10.9 Å². The van der Waals surface area contributed by atoms with Gasteiger partial charge in [-0.15, -0.1) is 0 Å². The van der Waals surface area contributed by atoms with Crippen LogP contribution in [0.5, 0.6) is 11.5 Å². The highest BCUT2D eigenvalue weighted by atomic mass is 32.2. The van der Waals surface area contributed by atoms with Gasteiger partial charge in [0.2, 0.25) is 6.79 Å². The lowest BCUT2D eigenvalue weighted by Gasteiger charge is -2.24. The number of sulfone groups is 1. The van der Waals surface area contributed by atoms with Gasteiger partial charge in [-0.25, -0.2) is 13.2 Å². The highest BCUT2D eigenvalue weighted by Crippen LogP contribution is 2.58. The zero-order chi connectivity index (χ0) is 23.3. The van der Waals surface area contributed by atoms with Crippen LogP contribution < -0.4 is 20.5 Å². The fourth-order valence-electron chi connectivity index (χ4n) is 4.25. The van der Waals surface area contributed by atoms with Crippen molar-refractivity contribution in [2.45, 2.75) is 54.9 Å². The van der Waals surface area contributed by atoms with Gasteiger partial charge in [0.05, 0.1) is 10.4 Å². The summed E-state index contributed by atoms with van der Waals surface area (Å²) >= 11 is 0. The quantitative estimate of drug-likeness (QED) is 0.705. The normalized spacial score (nSPS) is 24.2. The Morgan fingerprint density at radius 2 is 1.81 bits per heavy atom. The Labute approximate surface area is 188 Å². The van der Waals surface area contributed by atoms with Crippen LogP contribution in [0.4, 0.5) is 4.79 Å². The number of hydrogen-bond acceptors (Lipinski definition) is 7. The Morgan fingerprint density at radius 1 is 1.16 bits per heavy atom. The number of nitrogens with one attached hydrogen (secondary N) is 1. The maximum atomic E-state index is 13.7. The van der Waals surface area contributed by atoms with Crippen LogP contribution in [0, 0.1) is 6.92 Å². The van der Waals surface area contributed by atoms with Crippen molar-refractivity contribution in [2.24, 2.45) is 5.73 Å². The summed E-state index contributed by atoms with van der Waals surface area (Å²) in [5, 5.41) is 1.83. The first-order chi connectivity index (χ1) is 15.0. The smallest absolute Gasteiger partial charge is 0.408 e. The van der Waals surface area contributed by atoms with Crippen LogP contribution >= 0.6 is 0 Å². The molecule has 0 bridgehead atoms. The molecule has 3 atom stereocenters. The Morgan fingerprint density at radius 3 is 2.44 bits per heavy atom. The topological polar surface area (TPSA) is 117 Å². The molecule has 2 aromatic rings. The van der Waals surface area contributed by atoms with Crippen molar-refractivity contribution >= 4 is 15.9 Å². The van der Waals surface area contributed by atoms with E-state index in [-0.39, 0.29) is 18.2 Å². The Hall–Kier alpha value is -2.78. The molecule has 1 fully saturated rings. The first kappa shape index (κ1) is 22.4. The average Bonchev–Trinajstić information content (AvgIpc) is 3.13. The van der Waals surface area contributed by atoms with Crippen molar-refractivity contribution in [3.8, 4) is 11.5 Å². The molecule has 1 amide bonds. The molecule has 32 heavy (non-hydrogen) atoms. The molecule has 2 aromatic carbocycles. The highest BCUT2D eigenvalue weighted by molar-refractivity contribution is 7.92. The second-order valence-corrected chi connectivity index (χ2v) is 11.3. The molecule has 8 nitrogen and oxygen atoms in total. The van der Waals surface area contributed by atoms with Gasteiger partial charge in [-0.3, -0.25) is 0 Å². The van der Waals surface area contributed by atoms with E-state index < -0.39 is 38.2 Å². The summed E-state index contributed by atoms with van der Waals surface area (Å²) in [4.78, 5) is 12.8. The molecular weight excluding hydrogens is 432 g/mol. The van der Waals surface area contributed by atoms with Gasteiger partial charge in [-0.1, -0.05) is 23.8 Å². The number of rotatable bonds is 5. The molecule has 0 radical (unpaired) electrons. The van der Waals surface area contributed by atoms with Gasteiger partial charge < -0.3 is 25.3 Å². The zero-order valence-corrected chi connectivity index (χ0v) is 19.4. The second-order valence-electron chi connectivity index (χ2n) is 9.24. The summed E-state index contributed by atoms with van der Waals surface area (Å²) in [6.07, 6.45) is -0.713. The van der Waals surface area contributed by atoms with Crippen molar-refractivity contribution in [3.05, 3.63) is 53.6 Å². The summed E-state index contributed by atoms with van der Waals surface area (Å²) in [7, 11) is -3.83. The molecule has 0 saturated heterocycles. The van der Waals surface area contributed by atoms with Crippen molar-refractivity contribution in [1.82, 2.24) is 5.32 Å². The number of ether oxygens (including phenoxy) is 3. The number of amides is 1. The van der Waals surface area contributed by atoms with Gasteiger partial charge in [0.25, 0.3) is 0 Å². The molecule has 1 aliphatic heterocycles. The standard InChI is InChI=1S/C23H28N2O6S/c1-14-5-8-16(9-6-14)32(27,28)20-19(15-7-10-17-18(11-15)30-13-29-17)23(20,12-24)25-21(26)31-22(2,3)4/h5-11,19-20H,12-13,24H2,1-4H3,(H,25,26)/t19-,20+,23-/m0/s1. The summed E-state index contributed by atoms with van der Waals surface area (Å²) in [6, 6.07) is 11.9. The number of carbonyl (C=O) groups excluding carboxylic acids is 1. The van der Waals surface area contributed by atoms with Crippen LogP contribution in [-0.4, -0.2) is 44.2 Å². The molecule has 0 spiro atoms. The molecule has 3 N–H and O–H groups in total. The van der Waals surface area contributed by atoms with E-state index in [0.29, 0.717) is 17.1 Å². The number of aryl methyl sites for hydroxylation is 1. The lowest BCUT2D eigenvalue weighted by Crippen LogP contribution is -2.49. The van der Waals surface area contributed by atoms with Gasteiger partial charge in [-0.05, 0) is 57.5 Å². The van der Waals surface area contributed by atoms with E-state index in [0.717, 1.165) is 5.56 Å². The fourth-order valence-corrected chi connectivity index (χ4v) is 6.59. The number of alkyl carbamates (subject to hydrolysis) is 1. The van der Waals surface area contributed by atoms with Crippen molar-refractivity contribution in [2.75, 3.05) is 13.3 Å². The Bertz CT molecular complexity index is 1140. The molecular formula is C23H28N2O6S. The van der Waals surface area contributed by atoms with E-state index in [4.69, 9.17) is 19.9 Å². The van der Waals surface area contributed by atoms with Crippen LogP contribution in [0.25, 0.3) is 0 Å². The van der Waals surface area contributed by atoms with E-state index in [1.165, 1.54) is 0 Å². The van der Waals surface area contributed by atoms with Crippen molar-refractivity contribution < 1.29 is 27.4 Å². The van der Waals surface area contributed by atoms with E-state index in [1.54, 1.807) is 63.2 Å². The first-order valence-corrected chi connectivity index (χ1v) is 11.9. The van der Waals surface area contributed by atoms with Gasteiger partial charge in [-0.2, -0.15) is 0 Å². The van der Waals surface area contributed by atoms with Crippen LogP contribution in [-0.2, 0) is 14.6 Å². The summed E-state index contributed by atoms with van der Waals surface area (Å²) in [5.74, 6) is 0.538. The Kier molecular flexibility index (Phi) is 5.37. The van der Waals surface area contributed by atoms with Crippen molar-refractivity contribution in [3.63, 3.8) is 0 Å². The third-order valence-corrected chi connectivity index (χ3v) is 8.06. The third-order valence-electron chi connectivity index (χ3n) is 5.77. The lowest BCUT2D eigenvalue weighted by atomic mass is 10.1. The minimum absolute atomic E-state index is 0.0822. The lowest BCUT2D eigenvalue weighted by molar-refractivity contribution is 0.0497. The summed E-state index contributed by atoms with van der Waals surface area (Å²) in [5.41, 5.74) is 5.80. The molecule has 172 valence electrons. The van der Waals surface area contributed by atoms with E-state index in [9.17, 15) is 13.2 Å². The van der Waals surface area contributed by atoms with Crippen molar-refractivity contribution in [1.29, 1.82) is 0 Å². The monoisotopic (exact) mass is 460 g/mol. The highest BCUT2D eigenvalue weighted by Gasteiger charge is 2.72. The summed E-state index contributed by atoms with van der Waals surface area (Å²) < 4.78 is 43.6. The maximum Gasteiger partial charge on any atom is 0.408 e. The van der Waals surface area contributed by atoms with E-state index in [2.05, 4.69) is 5.32 Å². The predicted octanol–water partition coefficient (Wildman–Crippen LogP) is 2.89. The Balaban J connectivity index is 1.75. The maximum absolute atomic E-state index is 13.7. The summed E-state index contributed by atoms with van der Waals surface area (Å²) in [6.45, 7) is 7.13. The van der Waals surface area contributed by atoms with Crippen LogP contribution in [0.15, 0.2) is 47.4 Å². The predicted molar refractivity (Wildman–Crippen MR) is 119 cm³/mol. The number of benzene rings is 2. The number of hydrogen-bond donors (Lipinski definition) is 2. The number of fused-ring (bicyclic) bond motifs is 1.